The zero-order valence-corrected chi connectivity index (χ0v) is 12.9. The van der Waals surface area contributed by atoms with Crippen molar-refractivity contribution in [2.24, 2.45) is 11.7 Å². The number of nitrogens with zero attached hydrogens (tertiary/aromatic N) is 1. The molecule has 1 aliphatic carbocycles. The van der Waals surface area contributed by atoms with Crippen molar-refractivity contribution in [2.75, 3.05) is 0 Å². The number of carbonyl (C=O) groups excluding carboxylic acids is 1. The Labute approximate surface area is 131 Å². The van der Waals surface area contributed by atoms with Gasteiger partial charge in [-0.1, -0.05) is 0 Å². The van der Waals surface area contributed by atoms with Crippen LogP contribution in [0.25, 0.3) is 0 Å². The topological polar surface area (TPSA) is 88.2 Å². The molecule has 1 heterocycles. The maximum absolute atomic E-state index is 11.9. The van der Waals surface area contributed by atoms with E-state index in [0.717, 1.165) is 11.1 Å². The van der Waals surface area contributed by atoms with Crippen LogP contribution in [0.15, 0.2) is 18.5 Å². The maximum Gasteiger partial charge on any atom is 0.223 e. The van der Waals surface area contributed by atoms with E-state index in [1.165, 1.54) is 0 Å². The number of amides is 1. The quantitative estimate of drug-likeness (QED) is 0.773. The number of hydrogen-bond acceptors (Lipinski definition) is 4. The lowest BCUT2D eigenvalue weighted by atomic mass is 10.1. The summed E-state index contributed by atoms with van der Waals surface area (Å²) in [4.78, 5) is 15.9. The number of pyridine rings is 1. The SMILES string of the molecule is Cc1cnccc1CNC(=O)[C@H]1C[C@@H](N)[C@H](O)C1.Cl.Cl. The van der Waals surface area contributed by atoms with E-state index in [1.54, 1.807) is 12.4 Å². The van der Waals surface area contributed by atoms with Crippen LogP contribution in [0.2, 0.25) is 0 Å². The molecule has 0 unspecified atom stereocenters. The summed E-state index contributed by atoms with van der Waals surface area (Å²) in [5.74, 6) is -0.199. The van der Waals surface area contributed by atoms with Gasteiger partial charge in [0, 0.05) is 30.9 Å². The van der Waals surface area contributed by atoms with Gasteiger partial charge in [0.15, 0.2) is 0 Å². The average Bonchev–Trinajstić information content (AvgIpc) is 2.68. The molecule has 7 heteroatoms. The normalized spacial score (nSPS) is 24.4. The summed E-state index contributed by atoms with van der Waals surface area (Å²) in [5.41, 5.74) is 7.81. The molecule has 1 saturated carbocycles. The molecule has 0 aliphatic heterocycles. The third kappa shape index (κ3) is 4.59. The molecular formula is C13H21Cl2N3O2. The number of nitrogens with one attached hydrogen (secondary N) is 1. The van der Waals surface area contributed by atoms with Gasteiger partial charge in [-0.15, -0.1) is 24.8 Å². The largest absolute Gasteiger partial charge is 0.391 e. The lowest BCUT2D eigenvalue weighted by Gasteiger charge is -2.11. The first-order valence-corrected chi connectivity index (χ1v) is 6.18. The lowest BCUT2D eigenvalue weighted by molar-refractivity contribution is -0.125. The first kappa shape index (κ1) is 19.1. The molecular weight excluding hydrogens is 301 g/mol. The molecule has 20 heavy (non-hydrogen) atoms. The van der Waals surface area contributed by atoms with Crippen LogP contribution in [0.3, 0.4) is 0 Å². The number of aliphatic hydroxyl groups excluding tert-OH is 1. The smallest absolute Gasteiger partial charge is 0.223 e. The molecule has 114 valence electrons. The van der Waals surface area contributed by atoms with E-state index in [2.05, 4.69) is 10.3 Å². The third-order valence-corrected chi connectivity index (χ3v) is 3.54. The molecule has 2 rings (SSSR count). The Morgan fingerprint density at radius 2 is 2.20 bits per heavy atom. The van der Waals surface area contributed by atoms with Gasteiger partial charge in [0.25, 0.3) is 0 Å². The van der Waals surface area contributed by atoms with Crippen LogP contribution in [0, 0.1) is 12.8 Å². The standard InChI is InChI=1S/C13H19N3O2.2ClH/c1-8-6-15-3-2-9(8)7-16-13(18)10-4-11(14)12(17)5-10;;/h2-3,6,10-12,17H,4-5,7,14H2,1H3,(H,16,18);2*1H/t10-,11+,12+;;/m0../s1. The first-order valence-electron chi connectivity index (χ1n) is 6.18. The van der Waals surface area contributed by atoms with Crippen molar-refractivity contribution in [3.63, 3.8) is 0 Å². The molecule has 0 aromatic carbocycles. The second kappa shape index (κ2) is 8.42. The zero-order chi connectivity index (χ0) is 13.1. The minimum Gasteiger partial charge on any atom is -0.391 e. The Morgan fingerprint density at radius 3 is 2.75 bits per heavy atom. The molecule has 5 nitrogen and oxygen atoms in total. The molecule has 4 N–H and O–H groups in total. The summed E-state index contributed by atoms with van der Waals surface area (Å²) in [7, 11) is 0. The van der Waals surface area contributed by atoms with Crippen molar-refractivity contribution >= 4 is 30.7 Å². The van der Waals surface area contributed by atoms with Crippen molar-refractivity contribution in [3.8, 4) is 0 Å². The molecule has 1 fully saturated rings. The van der Waals surface area contributed by atoms with Crippen LogP contribution >= 0.6 is 24.8 Å². The molecule has 0 spiro atoms. The van der Waals surface area contributed by atoms with Crippen LogP contribution in [0.1, 0.15) is 24.0 Å². The number of nitrogens with two attached hydrogens (primary N) is 1. The highest BCUT2D eigenvalue weighted by molar-refractivity contribution is 5.85. The highest BCUT2D eigenvalue weighted by Gasteiger charge is 2.34. The summed E-state index contributed by atoms with van der Waals surface area (Å²) in [5, 5.41) is 12.4. The van der Waals surface area contributed by atoms with Crippen molar-refractivity contribution in [1.82, 2.24) is 10.3 Å². The summed E-state index contributed by atoms with van der Waals surface area (Å²) in [6.45, 7) is 2.46. The number of halogens is 2. The number of aromatic nitrogens is 1. The molecule has 0 saturated heterocycles. The average molecular weight is 322 g/mol. The fourth-order valence-electron chi connectivity index (χ4n) is 2.29. The van der Waals surface area contributed by atoms with Crippen LogP contribution in [0.4, 0.5) is 0 Å². The van der Waals surface area contributed by atoms with E-state index in [9.17, 15) is 9.90 Å². The third-order valence-electron chi connectivity index (χ3n) is 3.54. The summed E-state index contributed by atoms with van der Waals surface area (Å²) in [6.07, 6.45) is 3.95. The Hall–Kier alpha value is -0.880. The minimum absolute atomic E-state index is 0. The Bertz CT molecular complexity index is 435. The number of carbonyl (C=O) groups is 1. The van der Waals surface area contributed by atoms with E-state index in [1.807, 2.05) is 13.0 Å². The predicted molar refractivity (Wildman–Crippen MR) is 82.0 cm³/mol. The van der Waals surface area contributed by atoms with Gasteiger partial charge in [-0.25, -0.2) is 0 Å². The number of rotatable bonds is 3. The van der Waals surface area contributed by atoms with Crippen LogP contribution in [0.5, 0.6) is 0 Å². The van der Waals surface area contributed by atoms with E-state index in [4.69, 9.17) is 5.73 Å². The van der Waals surface area contributed by atoms with E-state index < -0.39 is 6.10 Å². The highest BCUT2D eigenvalue weighted by Crippen LogP contribution is 2.24. The fourth-order valence-corrected chi connectivity index (χ4v) is 2.29. The van der Waals surface area contributed by atoms with Gasteiger partial charge in [-0.2, -0.15) is 0 Å². The van der Waals surface area contributed by atoms with Gasteiger partial charge >= 0.3 is 0 Å². The van der Waals surface area contributed by atoms with E-state index >= 15 is 0 Å². The fraction of sp³-hybridized carbons (Fsp3) is 0.538. The number of aliphatic hydroxyl groups is 1. The Balaban J connectivity index is 0.00000180. The lowest BCUT2D eigenvalue weighted by Crippen LogP contribution is -2.30. The molecule has 1 amide bonds. The minimum atomic E-state index is -0.552. The first-order chi connectivity index (χ1) is 8.58. The van der Waals surface area contributed by atoms with Gasteiger partial charge in [-0.05, 0) is 37.0 Å². The highest BCUT2D eigenvalue weighted by atomic mass is 35.5. The second-order valence-corrected chi connectivity index (χ2v) is 4.92. The summed E-state index contributed by atoms with van der Waals surface area (Å²) < 4.78 is 0. The van der Waals surface area contributed by atoms with Gasteiger partial charge in [0.1, 0.15) is 0 Å². The number of aryl methyl sites for hydroxylation is 1. The van der Waals surface area contributed by atoms with Gasteiger partial charge < -0.3 is 16.2 Å². The molecule has 0 radical (unpaired) electrons. The Morgan fingerprint density at radius 1 is 1.50 bits per heavy atom. The predicted octanol–water partition coefficient (Wildman–Crippen LogP) is 0.948. The molecule has 1 aliphatic rings. The monoisotopic (exact) mass is 321 g/mol. The summed E-state index contributed by atoms with van der Waals surface area (Å²) >= 11 is 0. The number of hydrogen-bond donors (Lipinski definition) is 3. The van der Waals surface area contributed by atoms with E-state index in [-0.39, 0.29) is 42.7 Å². The zero-order valence-electron chi connectivity index (χ0n) is 11.3. The van der Waals surface area contributed by atoms with E-state index in [0.29, 0.717) is 19.4 Å². The van der Waals surface area contributed by atoms with Gasteiger partial charge in [-0.3, -0.25) is 9.78 Å². The second-order valence-electron chi connectivity index (χ2n) is 4.92. The van der Waals surface area contributed by atoms with Crippen molar-refractivity contribution in [3.05, 3.63) is 29.6 Å². The van der Waals surface area contributed by atoms with Crippen LogP contribution in [-0.4, -0.2) is 28.1 Å². The summed E-state index contributed by atoms with van der Waals surface area (Å²) in [6, 6.07) is 1.62. The molecule has 1 aromatic heterocycles. The van der Waals surface area contributed by atoms with Crippen molar-refractivity contribution in [2.45, 2.75) is 38.5 Å². The van der Waals surface area contributed by atoms with Gasteiger partial charge in [0.2, 0.25) is 5.91 Å². The molecule has 1 aromatic rings. The maximum atomic E-state index is 11.9. The Kier molecular flexibility index (Phi) is 8.05. The van der Waals surface area contributed by atoms with Crippen molar-refractivity contribution in [1.29, 1.82) is 0 Å². The van der Waals surface area contributed by atoms with Crippen molar-refractivity contribution < 1.29 is 9.90 Å². The molecule has 0 bridgehead atoms. The molecule has 3 atom stereocenters. The van der Waals surface area contributed by atoms with Crippen LogP contribution in [-0.2, 0) is 11.3 Å². The van der Waals surface area contributed by atoms with Crippen LogP contribution < -0.4 is 11.1 Å². The van der Waals surface area contributed by atoms with Gasteiger partial charge in [0.05, 0.1) is 6.10 Å².